The summed E-state index contributed by atoms with van der Waals surface area (Å²) in [6.07, 6.45) is 3.56. The topological polar surface area (TPSA) is 40.2 Å². The monoisotopic (exact) mass is 270 g/mol. The molecule has 15 heavy (non-hydrogen) atoms. The summed E-state index contributed by atoms with van der Waals surface area (Å²) < 4.78 is 13.3. The first-order valence-electron chi connectivity index (χ1n) is 4.67. The van der Waals surface area contributed by atoms with Gasteiger partial charge in [-0.25, -0.2) is 0 Å². The van der Waals surface area contributed by atoms with Gasteiger partial charge in [0.25, 0.3) is 0 Å². The van der Waals surface area contributed by atoms with Crippen molar-refractivity contribution in [2.45, 2.75) is 20.1 Å². The van der Waals surface area contributed by atoms with Crippen LogP contribution in [0.5, 0.6) is 5.75 Å². The minimum Gasteiger partial charge on any atom is -0.482 e. The summed E-state index contributed by atoms with van der Waals surface area (Å²) in [5.74, 6) is 1.54. The second kappa shape index (κ2) is 4.53. The lowest BCUT2D eigenvalue weighted by Crippen LogP contribution is -1.94. The number of aromatic nitrogens is 2. The fourth-order valence-electron chi connectivity index (χ4n) is 1.18. The maximum absolute atomic E-state index is 5.49. The molecule has 0 atom stereocenters. The number of ether oxygens (including phenoxy) is 1. The standard InChI is InChI=1S/C10H11BrN2O2/c1-2-13-6-9(5-12-13)14-7-8-3-4-10(11)15-8/h3-6H,2,7H2,1H3. The van der Waals surface area contributed by atoms with Gasteiger partial charge in [0.2, 0.25) is 0 Å². The molecule has 4 nitrogen and oxygen atoms in total. The molecule has 0 unspecified atom stereocenters. The van der Waals surface area contributed by atoms with Crippen LogP contribution in [0.1, 0.15) is 12.7 Å². The molecule has 0 amide bonds. The predicted octanol–water partition coefficient (Wildman–Crippen LogP) is 2.84. The second-order valence-electron chi connectivity index (χ2n) is 3.03. The molecule has 2 aromatic rings. The molecule has 80 valence electrons. The van der Waals surface area contributed by atoms with Gasteiger partial charge < -0.3 is 9.15 Å². The molecule has 2 aromatic heterocycles. The highest BCUT2D eigenvalue weighted by atomic mass is 79.9. The van der Waals surface area contributed by atoms with Crippen LogP contribution in [0.4, 0.5) is 0 Å². The fraction of sp³-hybridized carbons (Fsp3) is 0.300. The van der Waals surface area contributed by atoms with Crippen LogP contribution in [0.25, 0.3) is 0 Å². The SMILES string of the molecule is CCn1cc(OCc2ccc(Br)o2)cn1. The van der Waals surface area contributed by atoms with E-state index >= 15 is 0 Å². The largest absolute Gasteiger partial charge is 0.482 e. The number of rotatable bonds is 4. The zero-order valence-corrected chi connectivity index (χ0v) is 9.90. The smallest absolute Gasteiger partial charge is 0.169 e. The first kappa shape index (κ1) is 10.3. The Morgan fingerprint density at radius 2 is 2.40 bits per heavy atom. The first-order valence-corrected chi connectivity index (χ1v) is 5.46. The van der Waals surface area contributed by atoms with E-state index in [4.69, 9.17) is 9.15 Å². The Hall–Kier alpha value is -1.23. The molecule has 0 radical (unpaired) electrons. The summed E-state index contributed by atoms with van der Waals surface area (Å²) in [7, 11) is 0. The predicted molar refractivity (Wildman–Crippen MR) is 58.6 cm³/mol. The van der Waals surface area contributed by atoms with E-state index in [1.807, 2.05) is 29.9 Å². The quantitative estimate of drug-likeness (QED) is 0.858. The first-order chi connectivity index (χ1) is 7.28. The van der Waals surface area contributed by atoms with E-state index in [1.54, 1.807) is 6.20 Å². The van der Waals surface area contributed by atoms with E-state index in [1.165, 1.54) is 0 Å². The molecule has 0 aliphatic carbocycles. The van der Waals surface area contributed by atoms with Gasteiger partial charge in [-0.15, -0.1) is 0 Å². The maximum Gasteiger partial charge on any atom is 0.169 e. The summed E-state index contributed by atoms with van der Waals surface area (Å²) in [4.78, 5) is 0. The van der Waals surface area contributed by atoms with Gasteiger partial charge in [-0.1, -0.05) is 0 Å². The Morgan fingerprint density at radius 1 is 1.53 bits per heavy atom. The molecule has 0 N–H and O–H groups in total. The van der Waals surface area contributed by atoms with Gasteiger partial charge in [0.15, 0.2) is 10.4 Å². The normalized spacial score (nSPS) is 10.5. The molecular formula is C10H11BrN2O2. The summed E-state index contributed by atoms with van der Waals surface area (Å²) in [5.41, 5.74) is 0. The number of furan rings is 1. The van der Waals surface area contributed by atoms with E-state index in [2.05, 4.69) is 21.0 Å². The van der Waals surface area contributed by atoms with Crippen molar-refractivity contribution in [3.8, 4) is 5.75 Å². The third-order valence-corrected chi connectivity index (χ3v) is 2.37. The Morgan fingerprint density at radius 3 is 3.00 bits per heavy atom. The highest BCUT2D eigenvalue weighted by Crippen LogP contribution is 2.16. The maximum atomic E-state index is 5.49. The van der Waals surface area contributed by atoms with Crippen molar-refractivity contribution in [3.05, 3.63) is 35.0 Å². The zero-order valence-electron chi connectivity index (χ0n) is 8.31. The van der Waals surface area contributed by atoms with Gasteiger partial charge in [0.1, 0.15) is 12.4 Å². The van der Waals surface area contributed by atoms with Gasteiger partial charge in [-0.3, -0.25) is 4.68 Å². The molecule has 0 aromatic carbocycles. The van der Waals surface area contributed by atoms with E-state index < -0.39 is 0 Å². The molecule has 5 heteroatoms. The van der Waals surface area contributed by atoms with Crippen LogP contribution >= 0.6 is 15.9 Å². The van der Waals surface area contributed by atoms with Crippen molar-refractivity contribution in [2.24, 2.45) is 0 Å². The lowest BCUT2D eigenvalue weighted by atomic mass is 10.5. The number of aryl methyl sites for hydroxylation is 1. The number of nitrogens with zero attached hydrogens (tertiary/aromatic N) is 2. The van der Waals surface area contributed by atoms with Crippen molar-refractivity contribution in [3.63, 3.8) is 0 Å². The zero-order chi connectivity index (χ0) is 10.7. The summed E-state index contributed by atoms with van der Waals surface area (Å²) >= 11 is 3.24. The molecule has 0 saturated heterocycles. The third-order valence-electron chi connectivity index (χ3n) is 1.94. The Bertz CT molecular complexity index is 436. The van der Waals surface area contributed by atoms with Crippen LogP contribution in [-0.4, -0.2) is 9.78 Å². The highest BCUT2D eigenvalue weighted by molar-refractivity contribution is 9.10. The Balaban J connectivity index is 1.93. The minimum absolute atomic E-state index is 0.418. The van der Waals surface area contributed by atoms with Crippen molar-refractivity contribution < 1.29 is 9.15 Å². The van der Waals surface area contributed by atoms with Crippen molar-refractivity contribution in [1.29, 1.82) is 0 Å². The number of hydrogen-bond acceptors (Lipinski definition) is 3. The second-order valence-corrected chi connectivity index (χ2v) is 3.81. The summed E-state index contributed by atoms with van der Waals surface area (Å²) in [6, 6.07) is 3.71. The van der Waals surface area contributed by atoms with Gasteiger partial charge in [-0.2, -0.15) is 5.10 Å². The van der Waals surface area contributed by atoms with E-state index in [9.17, 15) is 0 Å². The van der Waals surface area contributed by atoms with Crippen LogP contribution in [0.3, 0.4) is 0 Å². The van der Waals surface area contributed by atoms with E-state index in [-0.39, 0.29) is 0 Å². The third kappa shape index (κ3) is 2.62. The van der Waals surface area contributed by atoms with E-state index in [0.717, 1.165) is 18.1 Å². The summed E-state index contributed by atoms with van der Waals surface area (Å²) in [5, 5.41) is 4.10. The molecule has 0 fully saturated rings. The van der Waals surface area contributed by atoms with Crippen LogP contribution in [0.2, 0.25) is 0 Å². The van der Waals surface area contributed by atoms with Crippen LogP contribution in [0, 0.1) is 0 Å². The molecule has 0 spiro atoms. The van der Waals surface area contributed by atoms with E-state index in [0.29, 0.717) is 11.3 Å². The van der Waals surface area contributed by atoms with Crippen molar-refractivity contribution in [1.82, 2.24) is 9.78 Å². The number of halogens is 1. The van der Waals surface area contributed by atoms with Gasteiger partial charge >= 0.3 is 0 Å². The molecular weight excluding hydrogens is 260 g/mol. The minimum atomic E-state index is 0.418. The Kier molecular flexibility index (Phi) is 3.11. The van der Waals surface area contributed by atoms with Crippen LogP contribution < -0.4 is 4.74 Å². The molecule has 2 heterocycles. The lowest BCUT2D eigenvalue weighted by molar-refractivity contribution is 0.267. The molecule has 0 aliphatic rings. The average Bonchev–Trinajstić information content (AvgIpc) is 2.83. The number of hydrogen-bond donors (Lipinski definition) is 0. The molecule has 0 aliphatic heterocycles. The van der Waals surface area contributed by atoms with Gasteiger partial charge in [-0.05, 0) is 35.0 Å². The van der Waals surface area contributed by atoms with Gasteiger partial charge in [0.05, 0.1) is 12.4 Å². The highest BCUT2D eigenvalue weighted by Gasteiger charge is 2.02. The summed E-state index contributed by atoms with van der Waals surface area (Å²) in [6.45, 7) is 3.29. The lowest BCUT2D eigenvalue weighted by Gasteiger charge is -1.99. The van der Waals surface area contributed by atoms with Gasteiger partial charge in [0, 0.05) is 6.54 Å². The fourth-order valence-corrected chi connectivity index (χ4v) is 1.52. The molecule has 0 bridgehead atoms. The van der Waals surface area contributed by atoms with Crippen LogP contribution in [-0.2, 0) is 13.2 Å². The Labute approximate surface area is 96.0 Å². The molecule has 2 rings (SSSR count). The van der Waals surface area contributed by atoms with Crippen LogP contribution in [0.15, 0.2) is 33.6 Å². The molecule has 0 saturated carbocycles. The van der Waals surface area contributed by atoms with Crippen molar-refractivity contribution in [2.75, 3.05) is 0 Å². The average molecular weight is 271 g/mol. The van der Waals surface area contributed by atoms with Crippen molar-refractivity contribution >= 4 is 15.9 Å².